The van der Waals surface area contributed by atoms with Crippen molar-refractivity contribution in [2.75, 3.05) is 0 Å². The quantitative estimate of drug-likeness (QED) is 0.685. The molecular weight excluding hydrogens is 327 g/mol. The van der Waals surface area contributed by atoms with E-state index >= 15 is 0 Å². The highest BCUT2D eigenvalue weighted by molar-refractivity contribution is 6.36. The smallest absolute Gasteiger partial charge is 0.288 e. The van der Waals surface area contributed by atoms with Crippen LogP contribution in [0.1, 0.15) is 27.9 Å². The van der Waals surface area contributed by atoms with Gasteiger partial charge in [-0.15, -0.1) is 0 Å². The third kappa shape index (κ3) is 2.71. The Morgan fingerprint density at radius 1 is 0.960 bits per heavy atom. The molecule has 1 aliphatic carbocycles. The van der Waals surface area contributed by atoms with Crippen molar-refractivity contribution in [3.8, 4) is 0 Å². The summed E-state index contributed by atoms with van der Waals surface area (Å²) in [5.74, 6) is -0.0664. The normalized spacial score (nSPS) is 16.4. The molecule has 25 heavy (non-hydrogen) atoms. The molecule has 0 unspecified atom stereocenters. The van der Waals surface area contributed by atoms with Gasteiger partial charge >= 0.3 is 6.18 Å². The first-order valence-corrected chi connectivity index (χ1v) is 7.74. The summed E-state index contributed by atoms with van der Waals surface area (Å²) >= 11 is 0. The monoisotopic (exact) mass is 339 g/mol. The van der Waals surface area contributed by atoms with Crippen LogP contribution in [0.25, 0.3) is 5.57 Å². The molecule has 0 spiro atoms. The highest BCUT2D eigenvalue weighted by Crippen LogP contribution is 2.35. The molecule has 124 valence electrons. The molecule has 0 fully saturated rings. The number of nitrogens with zero attached hydrogens (tertiary/aromatic N) is 1. The van der Waals surface area contributed by atoms with Crippen LogP contribution in [0.3, 0.4) is 0 Å². The highest BCUT2D eigenvalue weighted by atomic mass is 19.4. The van der Waals surface area contributed by atoms with Gasteiger partial charge in [-0.2, -0.15) is 13.2 Å². The van der Waals surface area contributed by atoms with Crippen LogP contribution in [0.5, 0.6) is 0 Å². The molecule has 2 nitrogen and oxygen atoms in total. The zero-order chi connectivity index (χ0) is 17.6. The fourth-order valence-electron chi connectivity index (χ4n) is 3.03. The molecular formula is C20H12F3NO. The van der Waals surface area contributed by atoms with E-state index in [-0.39, 0.29) is 5.78 Å². The van der Waals surface area contributed by atoms with Gasteiger partial charge in [-0.1, -0.05) is 30.3 Å². The van der Waals surface area contributed by atoms with Gasteiger partial charge in [0.2, 0.25) is 0 Å². The lowest BCUT2D eigenvalue weighted by atomic mass is 9.86. The predicted molar refractivity (Wildman–Crippen MR) is 90.0 cm³/mol. The van der Waals surface area contributed by atoms with Gasteiger partial charge in [-0.3, -0.25) is 4.79 Å². The van der Waals surface area contributed by atoms with E-state index in [1.54, 1.807) is 30.4 Å². The Kier molecular flexibility index (Phi) is 3.46. The number of hydrogen-bond donors (Lipinski definition) is 0. The van der Waals surface area contributed by atoms with Gasteiger partial charge in [-0.05, 0) is 47.9 Å². The van der Waals surface area contributed by atoms with Crippen molar-refractivity contribution in [2.24, 2.45) is 4.99 Å². The van der Waals surface area contributed by atoms with Crippen molar-refractivity contribution >= 4 is 22.8 Å². The Balaban J connectivity index is 1.72. The van der Waals surface area contributed by atoms with E-state index in [1.807, 2.05) is 6.07 Å². The number of carbonyl (C=O) groups excluding carboxylic acids is 1. The van der Waals surface area contributed by atoms with E-state index < -0.39 is 11.7 Å². The Morgan fingerprint density at radius 3 is 2.40 bits per heavy atom. The molecule has 0 saturated heterocycles. The zero-order valence-electron chi connectivity index (χ0n) is 13.0. The molecule has 2 aliphatic rings. The Morgan fingerprint density at radius 2 is 1.68 bits per heavy atom. The summed E-state index contributed by atoms with van der Waals surface area (Å²) in [5.41, 5.74) is 3.15. The van der Waals surface area contributed by atoms with E-state index in [1.165, 1.54) is 12.1 Å². The van der Waals surface area contributed by atoms with E-state index in [9.17, 15) is 18.0 Å². The molecule has 2 aromatic carbocycles. The second kappa shape index (κ2) is 5.55. The van der Waals surface area contributed by atoms with Gasteiger partial charge in [0.15, 0.2) is 5.78 Å². The first kappa shape index (κ1) is 15.6. The maximum absolute atomic E-state index is 12.7. The number of alkyl halides is 3. The van der Waals surface area contributed by atoms with E-state index in [0.717, 1.165) is 17.7 Å². The van der Waals surface area contributed by atoms with Gasteiger partial charge in [0.05, 0.1) is 17.0 Å². The molecule has 2 aromatic rings. The number of hydrogen-bond acceptors (Lipinski definition) is 2. The van der Waals surface area contributed by atoms with Crippen molar-refractivity contribution in [1.29, 1.82) is 0 Å². The van der Waals surface area contributed by atoms with Crippen LogP contribution in [0, 0.1) is 0 Å². The summed E-state index contributed by atoms with van der Waals surface area (Å²) in [7, 11) is 0. The minimum absolute atomic E-state index is 0.0664. The largest absolute Gasteiger partial charge is 0.416 e. The maximum Gasteiger partial charge on any atom is 0.416 e. The number of para-hydroxylation sites is 1. The van der Waals surface area contributed by atoms with Crippen molar-refractivity contribution in [1.82, 2.24) is 0 Å². The summed E-state index contributed by atoms with van der Waals surface area (Å²) in [6, 6.07) is 12.2. The van der Waals surface area contributed by atoms with Gasteiger partial charge in [-0.25, -0.2) is 4.99 Å². The fraction of sp³-hybridized carbons (Fsp3) is 0.100. The lowest BCUT2D eigenvalue weighted by Crippen LogP contribution is -2.18. The summed E-state index contributed by atoms with van der Waals surface area (Å²) in [6.07, 6.45) is -0.292. The van der Waals surface area contributed by atoms with Crippen LogP contribution in [-0.2, 0) is 6.18 Å². The summed E-state index contributed by atoms with van der Waals surface area (Å²) in [5, 5.41) is 0. The second-order valence-electron chi connectivity index (χ2n) is 5.91. The van der Waals surface area contributed by atoms with Crippen LogP contribution < -0.4 is 0 Å². The molecule has 0 saturated carbocycles. The second-order valence-corrected chi connectivity index (χ2v) is 5.91. The molecule has 0 aromatic heterocycles. The number of benzene rings is 2. The third-order valence-corrected chi connectivity index (χ3v) is 4.33. The molecule has 0 atom stereocenters. The number of fused-ring (bicyclic) bond motifs is 2. The number of allylic oxidation sites excluding steroid dienone is 4. The van der Waals surface area contributed by atoms with Crippen LogP contribution in [0.2, 0.25) is 0 Å². The van der Waals surface area contributed by atoms with Crippen LogP contribution in [0.15, 0.2) is 71.2 Å². The molecule has 5 heteroatoms. The number of ketones is 1. The zero-order valence-corrected chi connectivity index (χ0v) is 13.0. The minimum Gasteiger partial charge on any atom is -0.288 e. The van der Waals surface area contributed by atoms with E-state index in [2.05, 4.69) is 4.99 Å². The number of Topliss-reactive ketones (excluding diaryl/α,β-unsaturated/α-hetero) is 1. The van der Waals surface area contributed by atoms with Gasteiger partial charge < -0.3 is 0 Å². The first-order valence-electron chi connectivity index (χ1n) is 7.74. The molecule has 0 radical (unpaired) electrons. The van der Waals surface area contributed by atoms with Crippen LogP contribution in [-0.4, -0.2) is 11.5 Å². The van der Waals surface area contributed by atoms with Crippen LogP contribution in [0.4, 0.5) is 18.9 Å². The van der Waals surface area contributed by atoms with Crippen molar-refractivity contribution in [2.45, 2.75) is 12.6 Å². The summed E-state index contributed by atoms with van der Waals surface area (Å²) < 4.78 is 38.1. The maximum atomic E-state index is 12.7. The van der Waals surface area contributed by atoms with E-state index in [4.69, 9.17) is 0 Å². The molecule has 0 bridgehead atoms. The lowest BCUT2D eigenvalue weighted by Gasteiger charge is -2.20. The lowest BCUT2D eigenvalue weighted by molar-refractivity contribution is -0.137. The topological polar surface area (TPSA) is 29.4 Å². The van der Waals surface area contributed by atoms with Gasteiger partial charge in [0, 0.05) is 11.1 Å². The molecule has 0 N–H and O–H groups in total. The fourth-order valence-corrected chi connectivity index (χ4v) is 3.03. The number of aliphatic imine (C=N–C) groups is 1. The Bertz CT molecular complexity index is 963. The third-order valence-electron chi connectivity index (χ3n) is 4.33. The molecule has 1 aliphatic heterocycles. The van der Waals surface area contributed by atoms with E-state index in [0.29, 0.717) is 34.5 Å². The van der Waals surface area contributed by atoms with Crippen molar-refractivity contribution in [3.05, 3.63) is 82.9 Å². The number of halogens is 3. The van der Waals surface area contributed by atoms with Crippen molar-refractivity contribution < 1.29 is 18.0 Å². The molecule has 1 heterocycles. The highest BCUT2D eigenvalue weighted by Gasteiger charge is 2.30. The van der Waals surface area contributed by atoms with Crippen molar-refractivity contribution in [3.63, 3.8) is 0 Å². The Labute approximate surface area is 142 Å². The average Bonchev–Trinajstić information content (AvgIpc) is 2.61. The van der Waals surface area contributed by atoms with Crippen LogP contribution >= 0.6 is 0 Å². The summed E-state index contributed by atoms with van der Waals surface area (Å²) in [6.45, 7) is 0. The first-order chi connectivity index (χ1) is 11.9. The SMILES string of the molecule is O=C1C2=CCC(c3ccc(C(F)(F)F)cc3)=CC2=Nc2ccccc21. The summed E-state index contributed by atoms with van der Waals surface area (Å²) in [4.78, 5) is 17.1. The number of rotatable bonds is 1. The molecule has 4 rings (SSSR count). The van der Waals surface area contributed by atoms with Gasteiger partial charge in [0.1, 0.15) is 0 Å². The average molecular weight is 339 g/mol. The van der Waals surface area contributed by atoms with Gasteiger partial charge in [0.25, 0.3) is 0 Å². The minimum atomic E-state index is -4.35. The standard InChI is InChI=1S/C20H12F3NO/c21-20(22,23)14-8-5-12(6-9-14)13-7-10-16-18(11-13)24-17-4-2-1-3-15(17)19(16)25/h1-6,8-11H,7H2. The molecule has 0 amide bonds. The Hall–Kier alpha value is -2.95. The number of carbonyl (C=O) groups is 1. The predicted octanol–water partition coefficient (Wildman–Crippen LogP) is 5.39.